The lowest BCUT2D eigenvalue weighted by molar-refractivity contribution is -0.122. The highest BCUT2D eigenvalue weighted by Gasteiger charge is 2.21. The van der Waals surface area contributed by atoms with Crippen LogP contribution in [-0.4, -0.2) is 35.0 Å². The van der Waals surface area contributed by atoms with Crippen LogP contribution in [-0.2, 0) is 11.2 Å². The number of aromatic nitrogens is 2. The highest BCUT2D eigenvalue weighted by atomic mass is 35.5. The van der Waals surface area contributed by atoms with Gasteiger partial charge >= 0.3 is 0 Å². The van der Waals surface area contributed by atoms with Crippen LogP contribution in [0.25, 0.3) is 0 Å². The largest absolute Gasteiger partial charge is 0.354 e. The number of nitrogens with zero attached hydrogens (tertiary/aromatic N) is 1. The van der Waals surface area contributed by atoms with Crippen molar-refractivity contribution in [1.82, 2.24) is 20.6 Å². The first-order chi connectivity index (χ1) is 7.36. The third kappa shape index (κ3) is 4.93. The molecule has 1 aliphatic heterocycles. The molecule has 1 aromatic rings. The van der Waals surface area contributed by atoms with Gasteiger partial charge in [0.05, 0.1) is 12.4 Å². The fraction of sp³-hybridized carbons (Fsp3) is 0.600. The average Bonchev–Trinajstić information content (AvgIpc) is 2.90. The van der Waals surface area contributed by atoms with Gasteiger partial charge in [-0.1, -0.05) is 0 Å². The van der Waals surface area contributed by atoms with Gasteiger partial charge in [-0.15, -0.1) is 24.8 Å². The Kier molecular flexibility index (Phi) is 7.95. The van der Waals surface area contributed by atoms with Gasteiger partial charge in [0.25, 0.3) is 0 Å². The number of carbonyl (C=O) groups excluding carboxylic acids is 1. The summed E-state index contributed by atoms with van der Waals surface area (Å²) in [6.07, 6.45) is 6.28. The fourth-order valence-electron chi connectivity index (χ4n) is 1.77. The van der Waals surface area contributed by atoms with Crippen molar-refractivity contribution in [2.75, 3.05) is 13.1 Å². The van der Waals surface area contributed by atoms with E-state index < -0.39 is 0 Å². The molecule has 1 atom stereocenters. The molecule has 2 rings (SSSR count). The lowest BCUT2D eigenvalue weighted by atomic mass is 10.2. The van der Waals surface area contributed by atoms with Crippen molar-refractivity contribution < 1.29 is 4.79 Å². The van der Waals surface area contributed by atoms with Crippen molar-refractivity contribution in [2.24, 2.45) is 0 Å². The predicted octanol–water partition coefficient (Wildman–Crippen LogP) is 0.664. The van der Waals surface area contributed by atoms with E-state index in [0.717, 1.165) is 31.5 Å². The van der Waals surface area contributed by atoms with Crippen LogP contribution in [0.1, 0.15) is 18.5 Å². The molecular formula is C10H18Cl2N4O. The molecule has 0 saturated carbocycles. The predicted molar refractivity (Wildman–Crippen MR) is 70.8 cm³/mol. The summed E-state index contributed by atoms with van der Waals surface area (Å²) < 4.78 is 0. The first kappa shape index (κ1) is 16.2. The topological polar surface area (TPSA) is 69.8 Å². The highest BCUT2D eigenvalue weighted by molar-refractivity contribution is 5.85. The molecule has 98 valence electrons. The summed E-state index contributed by atoms with van der Waals surface area (Å²) in [7, 11) is 0. The van der Waals surface area contributed by atoms with E-state index in [0.29, 0.717) is 6.54 Å². The lowest BCUT2D eigenvalue weighted by Crippen LogP contribution is -2.41. The molecule has 17 heavy (non-hydrogen) atoms. The van der Waals surface area contributed by atoms with E-state index in [1.165, 1.54) is 0 Å². The summed E-state index contributed by atoms with van der Waals surface area (Å²) in [5.74, 6) is 0.118. The minimum absolute atomic E-state index is 0. The van der Waals surface area contributed by atoms with Crippen molar-refractivity contribution in [3.8, 4) is 0 Å². The standard InChI is InChI=1S/C10H16N4O.2ClH/c15-10(9-2-1-4-12-9)13-5-3-8-6-11-7-14-8;;/h6-7,9,12H,1-5H2,(H,11,14)(H,13,15);2*1H/t9-;;/m0../s1. The number of H-pyrrole nitrogens is 1. The smallest absolute Gasteiger partial charge is 0.237 e. The molecule has 0 spiro atoms. The fourth-order valence-corrected chi connectivity index (χ4v) is 1.77. The van der Waals surface area contributed by atoms with Crippen molar-refractivity contribution in [3.63, 3.8) is 0 Å². The van der Waals surface area contributed by atoms with Crippen molar-refractivity contribution in [1.29, 1.82) is 0 Å². The number of rotatable bonds is 4. The second kappa shape index (κ2) is 8.33. The molecular weight excluding hydrogens is 263 g/mol. The maximum atomic E-state index is 11.6. The van der Waals surface area contributed by atoms with Gasteiger partial charge in [-0.3, -0.25) is 4.79 Å². The second-order valence-electron chi connectivity index (χ2n) is 3.77. The molecule has 7 heteroatoms. The molecule has 1 amide bonds. The van der Waals surface area contributed by atoms with Crippen molar-refractivity contribution in [2.45, 2.75) is 25.3 Å². The van der Waals surface area contributed by atoms with Gasteiger partial charge in [0.15, 0.2) is 0 Å². The van der Waals surface area contributed by atoms with E-state index in [1.807, 2.05) is 0 Å². The Hall–Kier alpha value is -0.780. The van der Waals surface area contributed by atoms with Crippen LogP contribution >= 0.6 is 24.8 Å². The SMILES string of the molecule is Cl.Cl.O=C(NCCc1cnc[nH]1)[C@@H]1CCCN1. The molecule has 1 saturated heterocycles. The van der Waals surface area contributed by atoms with E-state index in [1.54, 1.807) is 12.5 Å². The number of aromatic amines is 1. The van der Waals surface area contributed by atoms with Crippen LogP contribution in [0.2, 0.25) is 0 Å². The number of halogens is 2. The molecule has 0 aliphatic carbocycles. The molecule has 3 N–H and O–H groups in total. The molecule has 0 bridgehead atoms. The van der Waals surface area contributed by atoms with E-state index in [-0.39, 0.29) is 36.8 Å². The van der Waals surface area contributed by atoms with Gasteiger partial charge in [-0.05, 0) is 19.4 Å². The maximum Gasteiger partial charge on any atom is 0.237 e. The Labute approximate surface area is 113 Å². The monoisotopic (exact) mass is 280 g/mol. The highest BCUT2D eigenvalue weighted by Crippen LogP contribution is 2.04. The number of carbonyl (C=O) groups is 1. The Bertz CT molecular complexity index is 312. The van der Waals surface area contributed by atoms with Gasteiger partial charge in [-0.25, -0.2) is 4.98 Å². The third-order valence-electron chi connectivity index (χ3n) is 2.63. The zero-order chi connectivity index (χ0) is 10.5. The minimum Gasteiger partial charge on any atom is -0.354 e. The molecule has 2 heterocycles. The maximum absolute atomic E-state index is 11.6. The van der Waals surface area contributed by atoms with Gasteiger partial charge in [0, 0.05) is 24.9 Å². The first-order valence-electron chi connectivity index (χ1n) is 5.34. The zero-order valence-electron chi connectivity index (χ0n) is 9.44. The number of amides is 1. The zero-order valence-corrected chi connectivity index (χ0v) is 11.1. The van der Waals surface area contributed by atoms with E-state index >= 15 is 0 Å². The van der Waals surface area contributed by atoms with E-state index in [9.17, 15) is 4.79 Å². The third-order valence-corrected chi connectivity index (χ3v) is 2.63. The normalized spacial score (nSPS) is 18.0. The van der Waals surface area contributed by atoms with Crippen molar-refractivity contribution >= 4 is 30.7 Å². The van der Waals surface area contributed by atoms with Crippen molar-refractivity contribution in [3.05, 3.63) is 18.2 Å². The van der Waals surface area contributed by atoms with Crippen LogP contribution in [0.5, 0.6) is 0 Å². The number of hydrogen-bond donors (Lipinski definition) is 3. The summed E-state index contributed by atoms with van der Waals surface area (Å²) in [5.41, 5.74) is 1.05. The van der Waals surface area contributed by atoms with Crippen LogP contribution < -0.4 is 10.6 Å². The molecule has 0 radical (unpaired) electrons. The Morgan fingerprint density at radius 2 is 2.35 bits per heavy atom. The lowest BCUT2D eigenvalue weighted by Gasteiger charge is -2.10. The van der Waals surface area contributed by atoms with Crippen LogP contribution in [0.15, 0.2) is 12.5 Å². The van der Waals surface area contributed by atoms with Gasteiger partial charge in [0.1, 0.15) is 0 Å². The van der Waals surface area contributed by atoms with Gasteiger partial charge < -0.3 is 15.6 Å². The average molecular weight is 281 g/mol. The molecule has 1 aliphatic rings. The molecule has 5 nitrogen and oxygen atoms in total. The van der Waals surface area contributed by atoms with Crippen LogP contribution in [0.3, 0.4) is 0 Å². The Morgan fingerprint density at radius 1 is 1.53 bits per heavy atom. The quantitative estimate of drug-likeness (QED) is 0.759. The minimum atomic E-state index is 0. The molecule has 1 fully saturated rings. The summed E-state index contributed by atoms with van der Waals surface area (Å²) in [6.45, 7) is 1.62. The first-order valence-corrected chi connectivity index (χ1v) is 5.34. The molecule has 1 aromatic heterocycles. The summed E-state index contributed by atoms with van der Waals surface area (Å²) in [5, 5.41) is 6.08. The van der Waals surface area contributed by atoms with Gasteiger partial charge in [-0.2, -0.15) is 0 Å². The Morgan fingerprint density at radius 3 is 2.94 bits per heavy atom. The second-order valence-corrected chi connectivity index (χ2v) is 3.77. The van der Waals surface area contributed by atoms with Crippen LogP contribution in [0.4, 0.5) is 0 Å². The van der Waals surface area contributed by atoms with Crippen LogP contribution in [0, 0.1) is 0 Å². The van der Waals surface area contributed by atoms with Gasteiger partial charge in [0.2, 0.25) is 5.91 Å². The number of hydrogen-bond acceptors (Lipinski definition) is 3. The number of imidazole rings is 1. The van der Waals surface area contributed by atoms with E-state index in [4.69, 9.17) is 0 Å². The molecule has 0 unspecified atom stereocenters. The molecule has 0 aromatic carbocycles. The van der Waals surface area contributed by atoms with E-state index in [2.05, 4.69) is 20.6 Å². The summed E-state index contributed by atoms with van der Waals surface area (Å²) in [6, 6.07) is 0.0202. The Balaban J connectivity index is 0.00000128. The number of nitrogens with one attached hydrogen (secondary N) is 3. The summed E-state index contributed by atoms with van der Waals surface area (Å²) in [4.78, 5) is 18.5. The summed E-state index contributed by atoms with van der Waals surface area (Å²) >= 11 is 0.